The molecule has 1 aromatic heterocycles. The van der Waals surface area contributed by atoms with E-state index in [1.165, 1.54) is 11.3 Å². The van der Waals surface area contributed by atoms with Crippen molar-refractivity contribution in [3.63, 3.8) is 0 Å². The van der Waals surface area contributed by atoms with Gasteiger partial charge in [0.2, 0.25) is 0 Å². The maximum absolute atomic E-state index is 4.80. The van der Waals surface area contributed by atoms with Crippen LogP contribution in [0.1, 0.15) is 49.6 Å². The van der Waals surface area contributed by atoms with Gasteiger partial charge in [0, 0.05) is 47.1 Å². The van der Waals surface area contributed by atoms with Crippen LogP contribution in [0.4, 0.5) is 0 Å². The van der Waals surface area contributed by atoms with Gasteiger partial charge in [-0.1, -0.05) is 0 Å². The van der Waals surface area contributed by atoms with Gasteiger partial charge in [0.15, 0.2) is 0 Å². The Morgan fingerprint density at radius 1 is 1.24 bits per heavy atom. The molecule has 1 atom stereocenters. The van der Waals surface area contributed by atoms with Gasteiger partial charge in [-0.15, -0.1) is 0 Å². The molecule has 0 saturated carbocycles. The molecule has 2 heterocycles. The fourth-order valence-corrected chi connectivity index (χ4v) is 3.69. The van der Waals surface area contributed by atoms with Crippen molar-refractivity contribution in [2.24, 2.45) is 0 Å². The first-order valence-electron chi connectivity index (χ1n) is 7.65. The van der Waals surface area contributed by atoms with E-state index in [0.717, 1.165) is 36.1 Å². The number of aromatic nitrogens is 2. The molecular formula is C16H28N4S. The van der Waals surface area contributed by atoms with Gasteiger partial charge in [-0.05, 0) is 41.7 Å². The molecule has 2 rings (SSSR count). The number of hydrogen-bond acceptors (Lipinski definition) is 5. The zero-order chi connectivity index (χ0) is 15.6. The molecule has 1 aliphatic rings. The second-order valence-electron chi connectivity index (χ2n) is 6.91. The van der Waals surface area contributed by atoms with E-state index in [1.54, 1.807) is 0 Å². The lowest BCUT2D eigenvalue weighted by molar-refractivity contribution is 0.263. The molecule has 1 saturated heterocycles. The molecule has 5 heteroatoms. The quantitative estimate of drug-likeness (QED) is 0.930. The molecule has 1 unspecified atom stereocenters. The van der Waals surface area contributed by atoms with E-state index in [1.807, 2.05) is 11.8 Å². The Kier molecular flexibility index (Phi) is 5.28. The number of aryl methyl sites for hydroxylation is 2. The van der Waals surface area contributed by atoms with Crippen LogP contribution in [0, 0.1) is 13.8 Å². The molecule has 0 radical (unpaired) electrons. The summed E-state index contributed by atoms with van der Waals surface area (Å²) < 4.78 is 0. The number of nitrogens with zero attached hydrogens (tertiary/aromatic N) is 3. The Bertz CT molecular complexity index is 473. The maximum atomic E-state index is 4.80. The van der Waals surface area contributed by atoms with Gasteiger partial charge in [0.1, 0.15) is 5.82 Å². The van der Waals surface area contributed by atoms with Crippen molar-refractivity contribution in [3.8, 4) is 0 Å². The van der Waals surface area contributed by atoms with Gasteiger partial charge in [-0.3, -0.25) is 4.90 Å². The molecular weight excluding hydrogens is 280 g/mol. The second kappa shape index (κ2) is 6.63. The first kappa shape index (κ1) is 16.7. The van der Waals surface area contributed by atoms with Crippen LogP contribution in [-0.2, 0) is 6.54 Å². The molecule has 1 N–H and O–H groups in total. The summed E-state index contributed by atoms with van der Waals surface area (Å²) >= 11 is 2.00. The SMILES string of the molecule is Cc1nc(C2CSCCN2C)nc(C)c1CNC(C)(C)C. The van der Waals surface area contributed by atoms with Crippen molar-refractivity contribution in [1.29, 1.82) is 0 Å². The van der Waals surface area contributed by atoms with Crippen molar-refractivity contribution in [2.45, 2.75) is 52.7 Å². The number of thioether (sulfide) groups is 1. The Labute approximate surface area is 133 Å². The predicted molar refractivity (Wildman–Crippen MR) is 90.8 cm³/mol. The highest BCUT2D eigenvalue weighted by atomic mass is 32.2. The molecule has 21 heavy (non-hydrogen) atoms. The van der Waals surface area contributed by atoms with Crippen LogP contribution in [0.25, 0.3) is 0 Å². The summed E-state index contributed by atoms with van der Waals surface area (Å²) in [4.78, 5) is 12.0. The molecule has 0 aliphatic carbocycles. The molecule has 1 aromatic rings. The van der Waals surface area contributed by atoms with Crippen molar-refractivity contribution in [3.05, 3.63) is 22.8 Å². The fourth-order valence-electron chi connectivity index (χ4n) is 2.48. The van der Waals surface area contributed by atoms with Crippen molar-refractivity contribution < 1.29 is 0 Å². The van der Waals surface area contributed by atoms with Crippen molar-refractivity contribution >= 4 is 11.8 Å². The minimum Gasteiger partial charge on any atom is -0.308 e. The van der Waals surface area contributed by atoms with Crippen LogP contribution >= 0.6 is 11.8 Å². The van der Waals surface area contributed by atoms with Crippen LogP contribution in [0.15, 0.2) is 0 Å². The van der Waals surface area contributed by atoms with Gasteiger partial charge in [0.25, 0.3) is 0 Å². The smallest absolute Gasteiger partial charge is 0.146 e. The van der Waals surface area contributed by atoms with E-state index in [9.17, 15) is 0 Å². The summed E-state index contributed by atoms with van der Waals surface area (Å²) in [6, 6.07) is 0.353. The van der Waals surface area contributed by atoms with Crippen molar-refractivity contribution in [1.82, 2.24) is 20.2 Å². The second-order valence-corrected chi connectivity index (χ2v) is 8.06. The van der Waals surface area contributed by atoms with Crippen LogP contribution in [0.5, 0.6) is 0 Å². The van der Waals surface area contributed by atoms with E-state index in [0.29, 0.717) is 6.04 Å². The first-order chi connectivity index (χ1) is 9.78. The molecule has 0 spiro atoms. The summed E-state index contributed by atoms with van der Waals surface area (Å²) in [6.07, 6.45) is 0. The third-order valence-electron chi connectivity index (χ3n) is 3.93. The summed E-state index contributed by atoms with van der Waals surface area (Å²) in [5.41, 5.74) is 3.56. The van der Waals surface area contributed by atoms with Gasteiger partial charge in [-0.2, -0.15) is 11.8 Å². The minimum atomic E-state index is 0.109. The summed E-state index contributed by atoms with van der Waals surface area (Å²) in [5.74, 6) is 3.28. The monoisotopic (exact) mass is 308 g/mol. The third-order valence-corrected chi connectivity index (χ3v) is 4.95. The predicted octanol–water partition coefficient (Wildman–Crippen LogP) is 2.70. The third kappa shape index (κ3) is 4.41. The van der Waals surface area contributed by atoms with E-state index < -0.39 is 0 Å². The van der Waals surface area contributed by atoms with Gasteiger partial charge in [-0.25, -0.2) is 9.97 Å². The largest absolute Gasteiger partial charge is 0.308 e. The number of hydrogen-bond donors (Lipinski definition) is 1. The van der Waals surface area contributed by atoms with E-state index in [-0.39, 0.29) is 5.54 Å². The Morgan fingerprint density at radius 2 is 1.86 bits per heavy atom. The van der Waals surface area contributed by atoms with Crippen LogP contribution in [0.3, 0.4) is 0 Å². The molecule has 1 fully saturated rings. The zero-order valence-electron chi connectivity index (χ0n) is 14.2. The van der Waals surface area contributed by atoms with Gasteiger partial charge in [0.05, 0.1) is 6.04 Å². The average molecular weight is 308 g/mol. The number of rotatable bonds is 3. The minimum absolute atomic E-state index is 0.109. The summed E-state index contributed by atoms with van der Waals surface area (Å²) in [5, 5.41) is 3.53. The van der Waals surface area contributed by atoms with E-state index >= 15 is 0 Å². The summed E-state index contributed by atoms with van der Waals surface area (Å²) in [7, 11) is 2.17. The Morgan fingerprint density at radius 3 is 2.38 bits per heavy atom. The average Bonchev–Trinajstić information content (AvgIpc) is 2.36. The molecule has 0 amide bonds. The number of nitrogens with one attached hydrogen (secondary N) is 1. The molecule has 4 nitrogen and oxygen atoms in total. The van der Waals surface area contributed by atoms with Crippen LogP contribution in [-0.4, -0.2) is 45.5 Å². The highest BCUT2D eigenvalue weighted by molar-refractivity contribution is 7.99. The normalized spacial score (nSPS) is 20.8. The van der Waals surface area contributed by atoms with Crippen molar-refractivity contribution in [2.75, 3.05) is 25.1 Å². The topological polar surface area (TPSA) is 41.1 Å². The lowest BCUT2D eigenvalue weighted by atomic mass is 10.1. The maximum Gasteiger partial charge on any atom is 0.146 e. The van der Waals surface area contributed by atoms with Gasteiger partial charge < -0.3 is 5.32 Å². The lowest BCUT2D eigenvalue weighted by Gasteiger charge is -2.31. The van der Waals surface area contributed by atoms with Gasteiger partial charge >= 0.3 is 0 Å². The molecule has 118 valence electrons. The Hall–Kier alpha value is -0.650. The lowest BCUT2D eigenvalue weighted by Crippen LogP contribution is -2.36. The molecule has 1 aliphatic heterocycles. The molecule has 0 aromatic carbocycles. The van der Waals surface area contributed by atoms with Crippen LogP contribution in [0.2, 0.25) is 0 Å². The van der Waals surface area contributed by atoms with E-state index in [2.05, 4.69) is 51.9 Å². The first-order valence-corrected chi connectivity index (χ1v) is 8.80. The fraction of sp³-hybridized carbons (Fsp3) is 0.750. The highest BCUT2D eigenvalue weighted by Gasteiger charge is 2.25. The van der Waals surface area contributed by atoms with E-state index in [4.69, 9.17) is 9.97 Å². The highest BCUT2D eigenvalue weighted by Crippen LogP contribution is 2.27. The Balaban J connectivity index is 2.20. The zero-order valence-corrected chi connectivity index (χ0v) is 15.0. The standard InChI is InChI=1S/C16H28N4S/c1-11-13(9-17-16(3,4)5)12(2)19-15(18-11)14-10-21-8-7-20(14)6/h14,17H,7-10H2,1-6H3. The molecule has 0 bridgehead atoms. The summed E-state index contributed by atoms with van der Waals surface area (Å²) in [6.45, 7) is 12.7. The van der Waals surface area contributed by atoms with Crippen LogP contribution < -0.4 is 5.32 Å².